The average Bonchev–Trinajstić information content (AvgIpc) is 3.21. The minimum absolute atomic E-state index is 0.0479. The number of nitrogens with one attached hydrogen (secondary N) is 1. The van der Waals surface area contributed by atoms with Crippen LogP contribution in [0.3, 0.4) is 0 Å². The Morgan fingerprint density at radius 1 is 1.36 bits per heavy atom. The van der Waals surface area contributed by atoms with Gasteiger partial charge in [-0.15, -0.1) is 0 Å². The number of aliphatic hydroxyl groups is 1. The summed E-state index contributed by atoms with van der Waals surface area (Å²) in [7, 11) is 1.97. The molecule has 3 rings (SSSR count). The molecule has 1 aliphatic heterocycles. The monoisotopic (exact) mass is 349 g/mol. The van der Waals surface area contributed by atoms with Crippen LogP contribution in [0.25, 0.3) is 0 Å². The molecule has 2 atom stereocenters. The second-order valence-corrected chi connectivity index (χ2v) is 8.17. The van der Waals surface area contributed by atoms with E-state index in [1.165, 1.54) is 0 Å². The number of carbonyl (C=O) groups excluding carboxylic acids is 1. The van der Waals surface area contributed by atoms with Crippen LogP contribution >= 0.6 is 0 Å². The molecular weight excluding hydrogens is 318 g/mol. The Hall–Kier alpha value is -1.40. The maximum atomic E-state index is 12.8. The predicted octanol–water partition coefficient (Wildman–Crippen LogP) is 2.19. The van der Waals surface area contributed by atoms with Crippen LogP contribution in [-0.4, -0.2) is 39.8 Å². The first-order valence-electron chi connectivity index (χ1n) is 9.44. The highest BCUT2D eigenvalue weighted by Gasteiger charge is 2.39. The number of aromatic nitrogens is 2. The number of nitrogens with zero attached hydrogens (tertiary/aromatic N) is 2. The van der Waals surface area contributed by atoms with E-state index in [4.69, 9.17) is 4.74 Å². The normalized spacial score (nSPS) is 30.4. The van der Waals surface area contributed by atoms with Crippen molar-refractivity contribution in [3.05, 3.63) is 18.2 Å². The van der Waals surface area contributed by atoms with Crippen LogP contribution in [0.1, 0.15) is 57.9 Å². The van der Waals surface area contributed by atoms with Crippen LogP contribution in [0.15, 0.2) is 12.4 Å². The number of rotatable bonds is 5. The molecule has 25 heavy (non-hydrogen) atoms. The first-order valence-corrected chi connectivity index (χ1v) is 9.44. The van der Waals surface area contributed by atoms with Crippen molar-refractivity contribution in [3.8, 4) is 0 Å². The topological polar surface area (TPSA) is 76.4 Å². The van der Waals surface area contributed by atoms with Crippen molar-refractivity contribution >= 4 is 5.91 Å². The van der Waals surface area contributed by atoms with E-state index in [-0.39, 0.29) is 24.0 Å². The molecule has 0 radical (unpaired) electrons. The highest BCUT2D eigenvalue weighted by atomic mass is 16.5. The van der Waals surface area contributed by atoms with Gasteiger partial charge in [0.05, 0.1) is 6.10 Å². The van der Waals surface area contributed by atoms with Crippen LogP contribution in [-0.2, 0) is 16.6 Å². The minimum Gasteiger partial charge on any atom is -0.393 e. The zero-order valence-electron chi connectivity index (χ0n) is 15.6. The second-order valence-electron chi connectivity index (χ2n) is 8.17. The third kappa shape index (κ3) is 3.90. The van der Waals surface area contributed by atoms with Crippen molar-refractivity contribution in [3.63, 3.8) is 0 Å². The fourth-order valence-electron chi connectivity index (χ4n) is 4.21. The molecule has 1 aromatic rings. The zero-order chi connectivity index (χ0) is 18.0. The summed E-state index contributed by atoms with van der Waals surface area (Å²) in [5.74, 6) is 1.63. The van der Waals surface area contributed by atoms with E-state index in [0.29, 0.717) is 19.1 Å². The molecule has 140 valence electrons. The van der Waals surface area contributed by atoms with E-state index >= 15 is 0 Å². The van der Waals surface area contributed by atoms with Crippen LogP contribution in [0.2, 0.25) is 0 Å². The Morgan fingerprint density at radius 3 is 2.72 bits per heavy atom. The van der Waals surface area contributed by atoms with Crippen LogP contribution in [0.5, 0.6) is 0 Å². The molecule has 1 amide bonds. The number of imidazole rings is 1. The Morgan fingerprint density at radius 2 is 2.08 bits per heavy atom. The molecule has 0 bridgehead atoms. The van der Waals surface area contributed by atoms with Crippen molar-refractivity contribution in [2.24, 2.45) is 24.3 Å². The lowest BCUT2D eigenvalue weighted by Gasteiger charge is -2.37. The number of hydrogen-bond donors (Lipinski definition) is 2. The average molecular weight is 349 g/mol. The summed E-state index contributed by atoms with van der Waals surface area (Å²) >= 11 is 0. The third-order valence-electron chi connectivity index (χ3n) is 6.15. The fourth-order valence-corrected chi connectivity index (χ4v) is 4.21. The molecule has 6 nitrogen and oxygen atoms in total. The lowest BCUT2D eigenvalue weighted by molar-refractivity contribution is -0.133. The van der Waals surface area contributed by atoms with Crippen molar-refractivity contribution in [1.29, 1.82) is 0 Å². The molecule has 2 fully saturated rings. The number of aryl methyl sites for hydroxylation is 1. The minimum atomic E-state index is -0.404. The summed E-state index contributed by atoms with van der Waals surface area (Å²) in [5, 5.41) is 12.9. The van der Waals surface area contributed by atoms with Crippen molar-refractivity contribution in [2.45, 2.75) is 58.2 Å². The molecule has 2 N–H and O–H groups in total. The lowest BCUT2D eigenvalue weighted by atomic mass is 9.70. The summed E-state index contributed by atoms with van der Waals surface area (Å²) < 4.78 is 7.86. The smallest absolute Gasteiger partial charge is 0.225 e. The molecule has 1 saturated heterocycles. The molecular formula is C19H31N3O3. The van der Waals surface area contributed by atoms with E-state index in [1.807, 2.05) is 31.7 Å². The SMILES string of the molecule is Cn1ccnc1[C@@H]1OCC[C@H]1CNC(=O)C(C)(C)C1CCC(O)CC1. The first kappa shape index (κ1) is 18.4. The second kappa shape index (κ2) is 7.46. The summed E-state index contributed by atoms with van der Waals surface area (Å²) in [6, 6.07) is 0. The van der Waals surface area contributed by atoms with Gasteiger partial charge in [0, 0.05) is 43.9 Å². The van der Waals surface area contributed by atoms with Gasteiger partial charge in [0.25, 0.3) is 0 Å². The van der Waals surface area contributed by atoms with Crippen molar-refractivity contribution < 1.29 is 14.6 Å². The van der Waals surface area contributed by atoms with Crippen LogP contribution < -0.4 is 5.32 Å². The molecule has 1 aliphatic carbocycles. The van der Waals surface area contributed by atoms with Gasteiger partial charge in [-0.25, -0.2) is 4.98 Å². The maximum Gasteiger partial charge on any atom is 0.225 e. The quantitative estimate of drug-likeness (QED) is 0.854. The van der Waals surface area contributed by atoms with E-state index in [0.717, 1.165) is 37.9 Å². The maximum absolute atomic E-state index is 12.8. The molecule has 0 aromatic carbocycles. The zero-order valence-corrected chi connectivity index (χ0v) is 15.6. The van der Waals surface area contributed by atoms with Gasteiger partial charge < -0.3 is 19.7 Å². The summed E-state index contributed by atoms with van der Waals surface area (Å²) in [6.07, 6.45) is 7.86. The molecule has 0 spiro atoms. The standard InChI is InChI=1S/C19H31N3O3/c1-19(2,14-4-6-15(23)7-5-14)18(24)21-12-13-8-11-25-16(13)17-20-9-10-22(17)3/h9-10,13-16,23H,4-8,11-12H2,1-3H3,(H,21,24)/t13-,14?,15?,16+/m0/s1. The Balaban J connectivity index is 1.57. The van der Waals surface area contributed by atoms with Gasteiger partial charge in [-0.1, -0.05) is 13.8 Å². The van der Waals surface area contributed by atoms with Crippen molar-refractivity contribution in [1.82, 2.24) is 14.9 Å². The third-order valence-corrected chi connectivity index (χ3v) is 6.15. The van der Waals surface area contributed by atoms with Gasteiger partial charge in [-0.3, -0.25) is 4.79 Å². The highest BCUT2D eigenvalue weighted by Crippen LogP contribution is 2.39. The summed E-state index contributed by atoms with van der Waals surface area (Å²) in [6.45, 7) is 5.40. The molecule has 1 aromatic heterocycles. The predicted molar refractivity (Wildman–Crippen MR) is 94.8 cm³/mol. The van der Waals surface area contributed by atoms with Crippen LogP contribution in [0, 0.1) is 17.3 Å². The number of amides is 1. The highest BCUT2D eigenvalue weighted by molar-refractivity contribution is 5.82. The van der Waals surface area contributed by atoms with Gasteiger partial charge in [-0.05, 0) is 38.0 Å². The Bertz CT molecular complexity index is 590. The number of carbonyl (C=O) groups is 1. The van der Waals surface area contributed by atoms with E-state index in [2.05, 4.69) is 10.3 Å². The first-order chi connectivity index (χ1) is 11.9. The van der Waals surface area contributed by atoms with Gasteiger partial charge in [0.15, 0.2) is 0 Å². The molecule has 2 aliphatic rings. The van der Waals surface area contributed by atoms with Gasteiger partial charge in [0.2, 0.25) is 5.91 Å². The van der Waals surface area contributed by atoms with Gasteiger partial charge >= 0.3 is 0 Å². The summed E-state index contributed by atoms with van der Waals surface area (Å²) in [5.41, 5.74) is -0.404. The van der Waals surface area contributed by atoms with E-state index < -0.39 is 5.41 Å². The van der Waals surface area contributed by atoms with E-state index in [9.17, 15) is 9.90 Å². The lowest BCUT2D eigenvalue weighted by Crippen LogP contribution is -2.45. The van der Waals surface area contributed by atoms with Gasteiger partial charge in [-0.2, -0.15) is 0 Å². The Labute approximate surface area is 150 Å². The molecule has 0 unspecified atom stereocenters. The van der Waals surface area contributed by atoms with Crippen LogP contribution in [0.4, 0.5) is 0 Å². The number of aliphatic hydroxyl groups excluding tert-OH is 1. The van der Waals surface area contributed by atoms with E-state index in [1.54, 1.807) is 6.20 Å². The van der Waals surface area contributed by atoms with Crippen molar-refractivity contribution in [2.75, 3.05) is 13.2 Å². The number of hydrogen-bond acceptors (Lipinski definition) is 4. The largest absolute Gasteiger partial charge is 0.393 e. The molecule has 2 heterocycles. The number of ether oxygens (including phenoxy) is 1. The molecule has 1 saturated carbocycles. The fraction of sp³-hybridized carbons (Fsp3) is 0.789. The van der Waals surface area contributed by atoms with Gasteiger partial charge in [0.1, 0.15) is 11.9 Å². The Kier molecular flexibility index (Phi) is 5.49. The molecule has 6 heteroatoms. The summed E-state index contributed by atoms with van der Waals surface area (Å²) in [4.78, 5) is 17.2.